The highest BCUT2D eigenvalue weighted by molar-refractivity contribution is 5.89. The van der Waals surface area contributed by atoms with E-state index in [0.717, 1.165) is 5.56 Å². The fourth-order valence-electron chi connectivity index (χ4n) is 0.874. The van der Waals surface area contributed by atoms with Crippen LogP contribution in [0.3, 0.4) is 0 Å². The van der Waals surface area contributed by atoms with Crippen LogP contribution in [0.2, 0.25) is 0 Å². The molecule has 0 aliphatic rings. The number of benzene rings is 1. The molecule has 0 saturated carbocycles. The van der Waals surface area contributed by atoms with Crippen molar-refractivity contribution in [3.63, 3.8) is 0 Å². The topological polar surface area (TPSA) is 26.3 Å². The summed E-state index contributed by atoms with van der Waals surface area (Å²) in [4.78, 5) is 10.8. The molecule has 0 heterocycles. The maximum atomic E-state index is 10.8. The van der Waals surface area contributed by atoms with Crippen LogP contribution < -0.4 is 0 Å². The molecule has 15 heavy (non-hydrogen) atoms. The van der Waals surface area contributed by atoms with Gasteiger partial charge in [0.15, 0.2) is 0 Å². The molecule has 0 saturated heterocycles. The van der Waals surface area contributed by atoms with Gasteiger partial charge < -0.3 is 4.74 Å². The molecule has 0 spiro atoms. The smallest absolute Gasteiger partial charge is 0.385 e. The first-order valence-electron chi connectivity index (χ1n) is 4.56. The standard InChI is InChI=1S/C13H10O2/c1-2-15-13(14)11-7-6-10-12-8-4-3-5-9-12/h3-5,8-9H,2H2,1H3. The minimum atomic E-state index is -0.542. The van der Waals surface area contributed by atoms with Crippen LogP contribution in [0.15, 0.2) is 30.3 Å². The number of hydrogen-bond donors (Lipinski definition) is 0. The predicted molar refractivity (Wildman–Crippen MR) is 57.7 cm³/mol. The number of carbonyl (C=O) groups excluding carboxylic acids is 1. The fourth-order valence-corrected chi connectivity index (χ4v) is 0.874. The quantitative estimate of drug-likeness (QED) is 0.389. The van der Waals surface area contributed by atoms with Crippen LogP contribution in [0.5, 0.6) is 0 Å². The van der Waals surface area contributed by atoms with Gasteiger partial charge in [0.05, 0.1) is 6.61 Å². The van der Waals surface area contributed by atoms with Gasteiger partial charge in [0.25, 0.3) is 0 Å². The molecule has 0 aliphatic heterocycles. The first kappa shape index (κ1) is 10.9. The summed E-state index contributed by atoms with van der Waals surface area (Å²) < 4.78 is 4.61. The normalized spacial score (nSPS) is 7.80. The second-order valence-electron chi connectivity index (χ2n) is 2.59. The van der Waals surface area contributed by atoms with E-state index in [1.807, 2.05) is 30.3 Å². The van der Waals surface area contributed by atoms with E-state index in [-0.39, 0.29) is 0 Å². The maximum absolute atomic E-state index is 10.8. The Bertz CT molecular complexity index is 438. The molecule has 1 aromatic carbocycles. The van der Waals surface area contributed by atoms with Crippen molar-refractivity contribution < 1.29 is 9.53 Å². The molecule has 1 aromatic rings. The highest BCUT2D eigenvalue weighted by Crippen LogP contribution is 1.93. The van der Waals surface area contributed by atoms with Gasteiger partial charge in [-0.1, -0.05) is 24.1 Å². The fraction of sp³-hybridized carbons (Fsp3) is 0.154. The van der Waals surface area contributed by atoms with Crippen molar-refractivity contribution in [1.82, 2.24) is 0 Å². The molecule has 0 N–H and O–H groups in total. The van der Waals surface area contributed by atoms with Gasteiger partial charge >= 0.3 is 5.97 Å². The third-order valence-corrected chi connectivity index (χ3v) is 1.48. The number of rotatable bonds is 1. The second-order valence-corrected chi connectivity index (χ2v) is 2.59. The minimum absolute atomic E-state index is 0.333. The van der Waals surface area contributed by atoms with Crippen LogP contribution >= 0.6 is 0 Å². The Morgan fingerprint density at radius 3 is 2.67 bits per heavy atom. The largest absolute Gasteiger partial charge is 0.456 e. The summed E-state index contributed by atoms with van der Waals surface area (Å²) in [5.74, 6) is 9.55. The van der Waals surface area contributed by atoms with Crippen molar-refractivity contribution in [2.45, 2.75) is 6.92 Å². The number of carbonyl (C=O) groups is 1. The monoisotopic (exact) mass is 198 g/mol. The lowest BCUT2D eigenvalue weighted by atomic mass is 10.2. The van der Waals surface area contributed by atoms with E-state index < -0.39 is 5.97 Å². The van der Waals surface area contributed by atoms with E-state index in [1.165, 1.54) is 0 Å². The number of ether oxygens (including phenoxy) is 1. The molecule has 1 rings (SSSR count). The molecule has 0 aliphatic carbocycles. The predicted octanol–water partition coefficient (Wildman–Crippen LogP) is 1.60. The Hall–Kier alpha value is -2.19. The zero-order chi connectivity index (χ0) is 10.9. The average Bonchev–Trinajstić information content (AvgIpc) is 2.26. The molecule has 0 atom stereocenters. The lowest BCUT2D eigenvalue weighted by Crippen LogP contribution is -1.99. The Morgan fingerprint density at radius 2 is 2.00 bits per heavy atom. The molecular formula is C13H10O2. The molecule has 2 nitrogen and oxygen atoms in total. The first-order valence-corrected chi connectivity index (χ1v) is 4.56. The molecule has 0 aromatic heterocycles. The summed E-state index contributed by atoms with van der Waals surface area (Å²) in [5.41, 5.74) is 0.871. The molecule has 0 amide bonds. The third kappa shape index (κ3) is 4.55. The van der Waals surface area contributed by atoms with Crippen LogP contribution in [0, 0.1) is 23.7 Å². The molecule has 2 heteroatoms. The van der Waals surface area contributed by atoms with Crippen molar-refractivity contribution >= 4 is 5.97 Å². The van der Waals surface area contributed by atoms with Gasteiger partial charge in [-0.25, -0.2) is 4.79 Å². The lowest BCUT2D eigenvalue weighted by molar-refractivity contribution is -0.136. The van der Waals surface area contributed by atoms with Crippen LogP contribution in [0.1, 0.15) is 12.5 Å². The van der Waals surface area contributed by atoms with Crippen LogP contribution in [0.4, 0.5) is 0 Å². The van der Waals surface area contributed by atoms with E-state index in [2.05, 4.69) is 28.4 Å². The summed E-state index contributed by atoms with van der Waals surface area (Å²) in [6, 6.07) is 9.44. The van der Waals surface area contributed by atoms with Crippen LogP contribution in [-0.2, 0) is 9.53 Å². The van der Waals surface area contributed by atoms with Crippen molar-refractivity contribution in [3.05, 3.63) is 35.9 Å². The van der Waals surface area contributed by atoms with Crippen molar-refractivity contribution in [3.8, 4) is 23.7 Å². The molecular weight excluding hydrogens is 188 g/mol. The van der Waals surface area contributed by atoms with E-state index in [1.54, 1.807) is 6.92 Å². The SMILES string of the molecule is CCOC(=O)C#CC#Cc1ccccc1. The molecule has 74 valence electrons. The number of esters is 1. The molecule has 0 bridgehead atoms. The first-order chi connectivity index (χ1) is 7.33. The zero-order valence-corrected chi connectivity index (χ0v) is 8.41. The highest BCUT2D eigenvalue weighted by atomic mass is 16.5. The van der Waals surface area contributed by atoms with Gasteiger partial charge in [0, 0.05) is 11.5 Å². The summed E-state index contributed by atoms with van der Waals surface area (Å²) in [5, 5.41) is 0. The zero-order valence-electron chi connectivity index (χ0n) is 8.41. The molecule has 0 unspecified atom stereocenters. The van der Waals surface area contributed by atoms with E-state index in [0.29, 0.717) is 6.61 Å². The van der Waals surface area contributed by atoms with Gasteiger partial charge in [-0.15, -0.1) is 0 Å². The summed E-state index contributed by atoms with van der Waals surface area (Å²) in [6.07, 6.45) is 0. The van der Waals surface area contributed by atoms with Crippen LogP contribution in [0.25, 0.3) is 0 Å². The van der Waals surface area contributed by atoms with Gasteiger partial charge in [0.1, 0.15) is 0 Å². The van der Waals surface area contributed by atoms with Crippen molar-refractivity contribution in [1.29, 1.82) is 0 Å². The van der Waals surface area contributed by atoms with Crippen LogP contribution in [-0.4, -0.2) is 12.6 Å². The average molecular weight is 198 g/mol. The van der Waals surface area contributed by atoms with E-state index in [9.17, 15) is 4.79 Å². The second kappa shape index (κ2) is 6.29. The highest BCUT2D eigenvalue weighted by Gasteiger charge is 1.89. The third-order valence-electron chi connectivity index (χ3n) is 1.48. The van der Waals surface area contributed by atoms with Crippen molar-refractivity contribution in [2.24, 2.45) is 0 Å². The molecule has 0 radical (unpaired) electrons. The Morgan fingerprint density at radius 1 is 1.27 bits per heavy atom. The minimum Gasteiger partial charge on any atom is -0.456 e. The lowest BCUT2D eigenvalue weighted by Gasteiger charge is -1.89. The maximum Gasteiger partial charge on any atom is 0.385 e. The Labute approximate surface area is 89.3 Å². The van der Waals surface area contributed by atoms with Gasteiger partial charge in [-0.05, 0) is 30.9 Å². The van der Waals surface area contributed by atoms with Gasteiger partial charge in [-0.2, -0.15) is 0 Å². The van der Waals surface area contributed by atoms with E-state index >= 15 is 0 Å². The van der Waals surface area contributed by atoms with E-state index in [4.69, 9.17) is 0 Å². The summed E-state index contributed by atoms with van der Waals surface area (Å²) >= 11 is 0. The Balaban J connectivity index is 2.57. The Kier molecular flexibility index (Phi) is 4.57. The van der Waals surface area contributed by atoms with Gasteiger partial charge in [-0.3, -0.25) is 0 Å². The summed E-state index contributed by atoms with van der Waals surface area (Å²) in [6.45, 7) is 2.06. The van der Waals surface area contributed by atoms with Crippen molar-refractivity contribution in [2.75, 3.05) is 6.61 Å². The summed E-state index contributed by atoms with van der Waals surface area (Å²) in [7, 11) is 0. The number of hydrogen-bond acceptors (Lipinski definition) is 2. The van der Waals surface area contributed by atoms with Gasteiger partial charge in [0.2, 0.25) is 0 Å². The molecule has 0 fully saturated rings.